The summed E-state index contributed by atoms with van der Waals surface area (Å²) in [7, 11) is 0. The average molecular weight is 736 g/mol. The molecule has 3 N–H and O–H groups in total. The molecule has 11 heteroatoms. The van der Waals surface area contributed by atoms with Crippen molar-refractivity contribution in [2.24, 2.45) is 0 Å². The lowest BCUT2D eigenvalue weighted by molar-refractivity contribution is -0.374. The molecule has 0 spiro atoms. The highest BCUT2D eigenvalue weighted by Gasteiger charge is 2.16. The molecule has 0 amide bonds. The van der Waals surface area contributed by atoms with Gasteiger partial charge in [0.2, 0.25) is 0 Å². The smallest absolute Gasteiger partial charge is 0.119 e. The highest BCUT2D eigenvalue weighted by Crippen LogP contribution is 2.38. The Bertz CT molecular complexity index is 1870. The quantitative estimate of drug-likeness (QED) is 0.0683. The Labute approximate surface area is 315 Å². The summed E-state index contributed by atoms with van der Waals surface area (Å²) in [6, 6.07) is 41.8. The van der Waals surface area contributed by atoms with Crippen molar-refractivity contribution in [2.45, 2.75) is 0 Å². The molecule has 0 unspecified atom stereocenters. The molecule has 53 heavy (non-hydrogen) atoms. The van der Waals surface area contributed by atoms with E-state index >= 15 is 0 Å². The number of aromatic nitrogens is 2. The van der Waals surface area contributed by atoms with Crippen molar-refractivity contribution < 1.29 is 34.2 Å². The van der Waals surface area contributed by atoms with Crippen molar-refractivity contribution in [1.29, 1.82) is 0 Å². The van der Waals surface area contributed by atoms with E-state index in [4.69, 9.17) is 37.2 Å². The Balaban J connectivity index is 0.950. The van der Waals surface area contributed by atoms with Crippen LogP contribution in [0.15, 0.2) is 121 Å². The molecular formula is C42H47N4O6S+. The average Bonchev–Trinajstić information content (AvgIpc) is 3.71. The zero-order chi connectivity index (χ0) is 36.3. The first-order chi connectivity index (χ1) is 26.3. The third-order valence-corrected chi connectivity index (χ3v) is 8.85. The number of quaternary nitrogens is 1. The van der Waals surface area contributed by atoms with Crippen LogP contribution in [0.1, 0.15) is 0 Å². The van der Waals surface area contributed by atoms with Gasteiger partial charge in [0, 0.05) is 28.2 Å². The van der Waals surface area contributed by atoms with Gasteiger partial charge < -0.3 is 39.1 Å². The molecule has 0 aliphatic carbocycles. The Morgan fingerprint density at radius 2 is 0.830 bits per heavy atom. The lowest BCUT2D eigenvalue weighted by Gasteiger charge is -2.25. The van der Waals surface area contributed by atoms with Gasteiger partial charge in [0.25, 0.3) is 0 Å². The molecule has 0 bridgehead atoms. The zero-order valence-electron chi connectivity index (χ0n) is 29.9. The van der Waals surface area contributed by atoms with Crippen LogP contribution in [0, 0.1) is 0 Å². The number of nitrogens with zero attached hydrogens (tertiary/aromatic N) is 3. The maximum atomic E-state index is 5.91. The number of para-hydroxylation sites is 2. The SMILES string of the molecule is [NH3+]CCOCCOCCOCCOCCOCCOc1ccc(-c2ccc(-c3ccc(N(c4ccccc4)c4ccccc4)cc3)c3nsnc23)cc1. The second-order valence-electron chi connectivity index (χ2n) is 12.0. The number of fused-ring (bicyclic) bond motifs is 1. The van der Waals surface area contributed by atoms with E-state index in [1.54, 1.807) is 0 Å². The fourth-order valence-electron chi connectivity index (χ4n) is 5.76. The molecule has 1 aromatic heterocycles. The lowest BCUT2D eigenvalue weighted by atomic mass is 9.97. The third kappa shape index (κ3) is 11.1. The van der Waals surface area contributed by atoms with Crippen LogP contribution >= 0.6 is 11.7 Å². The van der Waals surface area contributed by atoms with E-state index < -0.39 is 0 Å². The number of anilines is 3. The highest BCUT2D eigenvalue weighted by molar-refractivity contribution is 7.00. The highest BCUT2D eigenvalue weighted by atomic mass is 32.1. The van der Waals surface area contributed by atoms with Crippen molar-refractivity contribution in [3.63, 3.8) is 0 Å². The summed E-state index contributed by atoms with van der Waals surface area (Å²) in [4.78, 5) is 2.26. The molecule has 0 aliphatic rings. The van der Waals surface area contributed by atoms with E-state index in [1.807, 2.05) is 24.3 Å². The molecule has 0 fully saturated rings. The minimum absolute atomic E-state index is 0.449. The molecule has 0 aliphatic heterocycles. The van der Waals surface area contributed by atoms with E-state index in [0.717, 1.165) is 62.6 Å². The summed E-state index contributed by atoms with van der Waals surface area (Å²) in [6.07, 6.45) is 0. The van der Waals surface area contributed by atoms with Crippen LogP contribution in [-0.2, 0) is 23.7 Å². The number of benzene rings is 5. The van der Waals surface area contributed by atoms with Gasteiger partial charge in [-0.3, -0.25) is 0 Å². The van der Waals surface area contributed by atoms with Gasteiger partial charge in [-0.15, -0.1) is 0 Å². The molecular weight excluding hydrogens is 689 g/mol. The molecule has 5 aromatic carbocycles. The minimum Gasteiger partial charge on any atom is -0.491 e. The van der Waals surface area contributed by atoms with Crippen molar-refractivity contribution in [1.82, 2.24) is 8.75 Å². The summed E-state index contributed by atoms with van der Waals surface area (Å²) in [5, 5.41) is 0. The van der Waals surface area contributed by atoms with Crippen LogP contribution in [0.4, 0.5) is 17.1 Å². The Kier molecular flexibility index (Phi) is 15.1. The summed E-state index contributed by atoms with van der Waals surface area (Å²) in [5.74, 6) is 0.782. The van der Waals surface area contributed by atoms with E-state index in [-0.39, 0.29) is 0 Å². The van der Waals surface area contributed by atoms with Gasteiger partial charge in [0.15, 0.2) is 0 Å². The van der Waals surface area contributed by atoms with Gasteiger partial charge in [0.1, 0.15) is 23.4 Å². The standard InChI is InChI=1S/C42H46N4O6S/c43-21-22-47-23-24-48-25-26-49-27-28-50-29-30-51-31-32-52-38-17-13-34(14-18-38)40-20-19-39(41-42(40)45-53-44-41)33-11-15-37(16-12-33)46(35-7-3-1-4-8-35)36-9-5-2-6-10-36/h1-20H,21-32,43H2/p+1. The van der Waals surface area contributed by atoms with Gasteiger partial charge in [0.05, 0.1) is 84.3 Å². The maximum Gasteiger partial charge on any atom is 0.119 e. The van der Waals surface area contributed by atoms with Crippen molar-refractivity contribution in [3.05, 3.63) is 121 Å². The fourth-order valence-corrected chi connectivity index (χ4v) is 6.33. The first kappa shape index (κ1) is 38.0. The number of hydrogen-bond donors (Lipinski definition) is 1. The monoisotopic (exact) mass is 735 g/mol. The van der Waals surface area contributed by atoms with E-state index in [9.17, 15) is 0 Å². The molecule has 10 nitrogen and oxygen atoms in total. The summed E-state index contributed by atoms with van der Waals surface area (Å²) in [6.45, 7) is 6.63. The fraction of sp³-hybridized carbons (Fsp3) is 0.286. The molecule has 0 atom stereocenters. The second-order valence-corrected chi connectivity index (χ2v) is 12.5. The lowest BCUT2D eigenvalue weighted by Crippen LogP contribution is -2.52. The summed E-state index contributed by atoms with van der Waals surface area (Å²) < 4.78 is 42.8. The van der Waals surface area contributed by atoms with E-state index in [0.29, 0.717) is 72.7 Å². The molecule has 1 heterocycles. The number of rotatable bonds is 23. The molecule has 0 saturated carbocycles. The molecule has 0 radical (unpaired) electrons. The Hall–Kier alpha value is -4.72. The van der Waals surface area contributed by atoms with Gasteiger partial charge >= 0.3 is 0 Å². The van der Waals surface area contributed by atoms with Gasteiger partial charge in [-0.25, -0.2) is 0 Å². The van der Waals surface area contributed by atoms with Gasteiger partial charge in [-0.1, -0.05) is 72.8 Å². The molecule has 276 valence electrons. The van der Waals surface area contributed by atoms with Crippen LogP contribution in [-0.4, -0.2) is 88.0 Å². The van der Waals surface area contributed by atoms with Crippen molar-refractivity contribution in [3.8, 4) is 28.0 Å². The predicted molar refractivity (Wildman–Crippen MR) is 210 cm³/mol. The normalized spacial score (nSPS) is 11.3. The van der Waals surface area contributed by atoms with Gasteiger partial charge in [-0.2, -0.15) is 8.75 Å². The minimum atomic E-state index is 0.449. The summed E-state index contributed by atoms with van der Waals surface area (Å²) >= 11 is 1.23. The zero-order valence-corrected chi connectivity index (χ0v) is 30.8. The first-order valence-corrected chi connectivity index (χ1v) is 18.7. The molecule has 6 aromatic rings. The van der Waals surface area contributed by atoms with Crippen LogP contribution in [0.25, 0.3) is 33.3 Å². The van der Waals surface area contributed by atoms with Crippen molar-refractivity contribution >= 4 is 39.8 Å². The van der Waals surface area contributed by atoms with Crippen molar-refractivity contribution in [2.75, 3.05) is 84.1 Å². The number of hydrogen-bond acceptors (Lipinski definition) is 10. The van der Waals surface area contributed by atoms with Crippen LogP contribution in [0.5, 0.6) is 5.75 Å². The van der Waals surface area contributed by atoms with Crippen LogP contribution < -0.4 is 15.4 Å². The molecule has 0 saturated heterocycles. The third-order valence-electron chi connectivity index (χ3n) is 8.32. The second kappa shape index (κ2) is 21.1. The van der Waals surface area contributed by atoms with Crippen LogP contribution in [0.2, 0.25) is 0 Å². The van der Waals surface area contributed by atoms with Gasteiger partial charge in [-0.05, 0) is 59.7 Å². The topological polar surface area (TPSA) is 112 Å². The van der Waals surface area contributed by atoms with Crippen LogP contribution in [0.3, 0.4) is 0 Å². The molecule has 6 rings (SSSR count). The van der Waals surface area contributed by atoms with E-state index in [1.165, 1.54) is 11.7 Å². The maximum absolute atomic E-state index is 5.91. The largest absolute Gasteiger partial charge is 0.491 e. The Morgan fingerprint density at radius 3 is 1.28 bits per heavy atom. The summed E-state index contributed by atoms with van der Waals surface area (Å²) in [5.41, 5.74) is 13.0. The first-order valence-electron chi connectivity index (χ1n) is 18.0. The predicted octanol–water partition coefficient (Wildman–Crippen LogP) is 7.20. The van der Waals surface area contributed by atoms with E-state index in [2.05, 4.69) is 108 Å². The number of ether oxygens (including phenoxy) is 6. The Morgan fingerprint density at radius 1 is 0.434 bits per heavy atom.